The summed E-state index contributed by atoms with van der Waals surface area (Å²) in [5.74, 6) is -0.973. The first-order valence-electron chi connectivity index (χ1n) is 7.40. The van der Waals surface area contributed by atoms with Gasteiger partial charge in [-0.2, -0.15) is 0 Å². The quantitative estimate of drug-likeness (QED) is 0.759. The molecular formula is C15H19N3O4. The fraction of sp³-hybridized carbons (Fsp3) is 0.533. The van der Waals surface area contributed by atoms with Gasteiger partial charge in [-0.1, -0.05) is 0 Å². The van der Waals surface area contributed by atoms with Crippen molar-refractivity contribution in [2.45, 2.75) is 25.3 Å². The Morgan fingerprint density at radius 2 is 2.00 bits per heavy atom. The molecule has 7 heteroatoms. The van der Waals surface area contributed by atoms with Crippen molar-refractivity contribution < 1.29 is 19.8 Å². The second-order valence-corrected chi connectivity index (χ2v) is 6.17. The summed E-state index contributed by atoms with van der Waals surface area (Å²) in [5, 5.41) is 21.1. The molecule has 3 heterocycles. The van der Waals surface area contributed by atoms with Crippen LogP contribution in [0.1, 0.15) is 29.6 Å². The summed E-state index contributed by atoms with van der Waals surface area (Å²) < 4.78 is 0. The molecule has 0 saturated carbocycles. The molecule has 2 fully saturated rings. The number of carbonyl (C=O) groups is 2. The number of aliphatic carboxylic acids is 1. The zero-order valence-corrected chi connectivity index (χ0v) is 12.2. The van der Waals surface area contributed by atoms with Crippen molar-refractivity contribution in [2.24, 2.45) is 5.41 Å². The summed E-state index contributed by atoms with van der Waals surface area (Å²) in [6, 6.07) is 2.86. The zero-order chi connectivity index (χ0) is 15.7. The number of hydrogen-bond acceptors (Lipinski definition) is 5. The highest BCUT2D eigenvalue weighted by atomic mass is 16.4. The Morgan fingerprint density at radius 1 is 1.27 bits per heavy atom. The molecule has 1 atom stereocenters. The number of anilines is 1. The topological polar surface area (TPSA) is 103 Å². The predicted molar refractivity (Wildman–Crippen MR) is 79.1 cm³/mol. The van der Waals surface area contributed by atoms with E-state index in [0.29, 0.717) is 6.42 Å². The number of pyridine rings is 1. The largest absolute Gasteiger partial charge is 0.480 e. The van der Waals surface area contributed by atoms with Crippen LogP contribution in [0.25, 0.3) is 0 Å². The normalized spacial score (nSPS) is 23.6. The van der Waals surface area contributed by atoms with Crippen LogP contribution < -0.4 is 10.2 Å². The third-order valence-electron chi connectivity index (χ3n) is 4.80. The molecule has 118 valence electrons. The van der Waals surface area contributed by atoms with Crippen LogP contribution in [0.3, 0.4) is 0 Å². The van der Waals surface area contributed by atoms with Crippen molar-refractivity contribution in [3.05, 3.63) is 23.9 Å². The molecule has 2 aliphatic heterocycles. The van der Waals surface area contributed by atoms with Crippen LogP contribution in [0.4, 0.5) is 5.82 Å². The molecule has 2 saturated heterocycles. The minimum Gasteiger partial charge on any atom is -0.480 e. The standard InChI is InChI=1S/C15H19N3O4/c19-13(20)10-1-2-12(16-8-10)18-5-3-15(4-6-18)7-11(14(21)22)17-9-15/h1-2,8,11,17H,3-7,9H2,(H,19,20)(H,21,22)/t11-/m0/s1. The molecule has 3 rings (SSSR count). The summed E-state index contributed by atoms with van der Waals surface area (Å²) in [5.41, 5.74) is 0.252. The summed E-state index contributed by atoms with van der Waals surface area (Å²) in [6.45, 7) is 2.38. The lowest BCUT2D eigenvalue weighted by atomic mass is 9.76. The van der Waals surface area contributed by atoms with Crippen LogP contribution >= 0.6 is 0 Å². The molecule has 3 N–H and O–H groups in total. The third-order valence-corrected chi connectivity index (χ3v) is 4.80. The minimum absolute atomic E-state index is 0.0700. The number of carboxylic acid groups (broad SMARTS) is 2. The molecule has 0 bridgehead atoms. The third kappa shape index (κ3) is 2.76. The number of nitrogens with zero attached hydrogens (tertiary/aromatic N) is 2. The first-order chi connectivity index (χ1) is 10.5. The number of aromatic carboxylic acids is 1. The maximum absolute atomic E-state index is 11.1. The molecule has 2 aliphatic rings. The zero-order valence-electron chi connectivity index (χ0n) is 12.2. The minimum atomic E-state index is -0.978. The maximum atomic E-state index is 11.1. The molecule has 0 aromatic carbocycles. The summed E-state index contributed by atoms with van der Waals surface area (Å²) in [6.07, 6.45) is 3.90. The molecule has 7 nitrogen and oxygen atoms in total. The van der Waals surface area contributed by atoms with E-state index in [1.807, 2.05) is 0 Å². The molecule has 1 aromatic heterocycles. The highest BCUT2D eigenvalue weighted by molar-refractivity contribution is 5.87. The number of rotatable bonds is 3. The Labute approximate surface area is 128 Å². The summed E-state index contributed by atoms with van der Waals surface area (Å²) in [4.78, 5) is 28.3. The summed E-state index contributed by atoms with van der Waals surface area (Å²) in [7, 11) is 0. The van der Waals surface area contributed by atoms with E-state index in [-0.39, 0.29) is 11.0 Å². The van der Waals surface area contributed by atoms with E-state index in [1.165, 1.54) is 6.20 Å². The van der Waals surface area contributed by atoms with E-state index >= 15 is 0 Å². The maximum Gasteiger partial charge on any atom is 0.337 e. The van der Waals surface area contributed by atoms with Crippen molar-refractivity contribution >= 4 is 17.8 Å². The molecular weight excluding hydrogens is 286 g/mol. The molecule has 0 aliphatic carbocycles. The molecule has 1 aromatic rings. The molecule has 0 amide bonds. The van der Waals surface area contributed by atoms with E-state index in [4.69, 9.17) is 10.2 Å². The van der Waals surface area contributed by atoms with Gasteiger partial charge in [0.15, 0.2) is 0 Å². The number of nitrogens with one attached hydrogen (secondary N) is 1. The van der Waals surface area contributed by atoms with Crippen LogP contribution in [0.2, 0.25) is 0 Å². The average Bonchev–Trinajstić information content (AvgIpc) is 2.92. The van der Waals surface area contributed by atoms with Crippen LogP contribution in [0.15, 0.2) is 18.3 Å². The number of aromatic nitrogens is 1. The lowest BCUT2D eigenvalue weighted by molar-refractivity contribution is -0.139. The van der Waals surface area contributed by atoms with E-state index in [9.17, 15) is 9.59 Å². The van der Waals surface area contributed by atoms with E-state index in [0.717, 1.165) is 38.3 Å². The lowest BCUT2D eigenvalue weighted by Gasteiger charge is -2.39. The van der Waals surface area contributed by atoms with Crippen molar-refractivity contribution in [3.63, 3.8) is 0 Å². The van der Waals surface area contributed by atoms with Gasteiger partial charge in [0.2, 0.25) is 0 Å². The van der Waals surface area contributed by atoms with Crippen molar-refractivity contribution in [2.75, 3.05) is 24.5 Å². The number of piperidine rings is 1. The molecule has 0 unspecified atom stereocenters. The predicted octanol–water partition coefficient (Wildman–Crippen LogP) is 0.813. The number of carboxylic acids is 2. The van der Waals surface area contributed by atoms with Crippen molar-refractivity contribution in [1.82, 2.24) is 10.3 Å². The van der Waals surface area contributed by atoms with Crippen LogP contribution in [0, 0.1) is 5.41 Å². The van der Waals surface area contributed by atoms with Gasteiger partial charge in [0.05, 0.1) is 5.56 Å². The first kappa shape index (κ1) is 14.8. The second kappa shape index (κ2) is 5.57. The monoisotopic (exact) mass is 305 g/mol. The van der Waals surface area contributed by atoms with Crippen LogP contribution in [-0.2, 0) is 4.79 Å². The average molecular weight is 305 g/mol. The first-order valence-corrected chi connectivity index (χ1v) is 7.40. The number of hydrogen-bond donors (Lipinski definition) is 3. The highest BCUT2D eigenvalue weighted by Gasteiger charge is 2.43. The summed E-state index contributed by atoms with van der Waals surface area (Å²) >= 11 is 0. The Hall–Kier alpha value is -2.15. The van der Waals surface area contributed by atoms with Crippen LogP contribution in [-0.4, -0.2) is 52.8 Å². The highest BCUT2D eigenvalue weighted by Crippen LogP contribution is 2.40. The molecule has 1 spiro atoms. The Bertz CT molecular complexity index is 579. The van der Waals surface area contributed by atoms with Crippen molar-refractivity contribution in [3.8, 4) is 0 Å². The second-order valence-electron chi connectivity index (χ2n) is 6.17. The Kier molecular flexibility index (Phi) is 3.74. The van der Waals surface area contributed by atoms with Gasteiger partial charge in [0, 0.05) is 25.8 Å². The van der Waals surface area contributed by atoms with Gasteiger partial charge >= 0.3 is 11.9 Å². The SMILES string of the molecule is O=C(O)c1ccc(N2CCC3(CC2)CN[C@H](C(=O)O)C3)nc1. The molecule has 0 radical (unpaired) electrons. The van der Waals surface area contributed by atoms with Gasteiger partial charge in [-0.3, -0.25) is 4.79 Å². The molecule has 22 heavy (non-hydrogen) atoms. The Morgan fingerprint density at radius 3 is 2.50 bits per heavy atom. The van der Waals surface area contributed by atoms with Gasteiger partial charge in [0.1, 0.15) is 11.9 Å². The van der Waals surface area contributed by atoms with Gasteiger partial charge in [0.25, 0.3) is 0 Å². The lowest BCUT2D eigenvalue weighted by Crippen LogP contribution is -2.41. The van der Waals surface area contributed by atoms with Gasteiger partial charge in [-0.15, -0.1) is 0 Å². The van der Waals surface area contributed by atoms with Crippen LogP contribution in [0.5, 0.6) is 0 Å². The fourth-order valence-electron chi connectivity index (χ4n) is 3.38. The van der Waals surface area contributed by atoms with Crippen molar-refractivity contribution in [1.29, 1.82) is 0 Å². The van der Waals surface area contributed by atoms with Gasteiger partial charge in [-0.05, 0) is 36.8 Å². The fourth-order valence-corrected chi connectivity index (χ4v) is 3.38. The van der Waals surface area contributed by atoms with E-state index < -0.39 is 18.0 Å². The Balaban J connectivity index is 1.62. The van der Waals surface area contributed by atoms with Gasteiger partial charge < -0.3 is 20.4 Å². The van der Waals surface area contributed by atoms with Gasteiger partial charge in [-0.25, -0.2) is 9.78 Å². The smallest absolute Gasteiger partial charge is 0.337 e. The van der Waals surface area contributed by atoms with E-state index in [1.54, 1.807) is 12.1 Å². The van der Waals surface area contributed by atoms with E-state index in [2.05, 4.69) is 15.2 Å².